The van der Waals surface area contributed by atoms with E-state index in [1.807, 2.05) is 91.0 Å². The van der Waals surface area contributed by atoms with E-state index in [0.717, 1.165) is 22.3 Å². The fourth-order valence-corrected chi connectivity index (χ4v) is 4.82. The lowest BCUT2D eigenvalue weighted by Crippen LogP contribution is -2.51. The highest BCUT2D eigenvalue weighted by molar-refractivity contribution is 6.30. The molecule has 0 spiro atoms. The summed E-state index contributed by atoms with van der Waals surface area (Å²) < 4.78 is 10.7. The molecule has 0 radical (unpaired) electrons. The van der Waals surface area contributed by atoms with E-state index in [2.05, 4.69) is 5.32 Å². The number of benzene rings is 4. The fraction of sp³-hybridized carbons (Fsp3) is 0.235. The predicted molar refractivity (Wildman–Crippen MR) is 162 cm³/mol. The Morgan fingerprint density at radius 3 is 2.00 bits per heavy atom. The summed E-state index contributed by atoms with van der Waals surface area (Å²) in [6.45, 7) is 0.685. The SMILES string of the molecule is COc1ccc(CCNC(=O)[C@@H](Cc2ccccc2)N(Cc2ccc(Cl)cc2)C(=O)Cc2ccccc2)cc1OC. The summed E-state index contributed by atoms with van der Waals surface area (Å²) in [6, 6.07) is 31.7. The second-order valence-electron chi connectivity index (χ2n) is 9.75. The number of nitrogens with one attached hydrogen (secondary N) is 1. The van der Waals surface area contributed by atoms with Gasteiger partial charge in [-0.15, -0.1) is 0 Å². The van der Waals surface area contributed by atoms with Crippen molar-refractivity contribution in [3.8, 4) is 11.5 Å². The molecular formula is C34H35ClN2O4. The molecule has 6 nitrogen and oxygen atoms in total. The molecule has 0 saturated carbocycles. The van der Waals surface area contributed by atoms with Gasteiger partial charge in [0.2, 0.25) is 11.8 Å². The summed E-state index contributed by atoms with van der Waals surface area (Å²) in [6.07, 6.45) is 1.18. The zero-order valence-corrected chi connectivity index (χ0v) is 24.1. The zero-order chi connectivity index (χ0) is 29.0. The van der Waals surface area contributed by atoms with Gasteiger partial charge in [0.15, 0.2) is 11.5 Å². The predicted octanol–water partition coefficient (Wildman–Crippen LogP) is 5.90. The van der Waals surface area contributed by atoms with E-state index in [1.165, 1.54) is 0 Å². The number of hydrogen-bond acceptors (Lipinski definition) is 4. The smallest absolute Gasteiger partial charge is 0.243 e. The number of nitrogens with zero attached hydrogens (tertiary/aromatic N) is 1. The number of carbonyl (C=O) groups excluding carboxylic acids is 2. The van der Waals surface area contributed by atoms with Crippen LogP contribution < -0.4 is 14.8 Å². The lowest BCUT2D eigenvalue weighted by atomic mass is 10.0. The van der Waals surface area contributed by atoms with Gasteiger partial charge in [-0.25, -0.2) is 0 Å². The van der Waals surface area contributed by atoms with Crippen molar-refractivity contribution in [1.82, 2.24) is 10.2 Å². The largest absolute Gasteiger partial charge is 0.493 e. The summed E-state index contributed by atoms with van der Waals surface area (Å²) in [5.41, 5.74) is 3.76. The Balaban J connectivity index is 1.57. The molecule has 0 aliphatic carbocycles. The monoisotopic (exact) mass is 570 g/mol. The topological polar surface area (TPSA) is 67.9 Å². The van der Waals surface area contributed by atoms with Gasteiger partial charge in [-0.2, -0.15) is 0 Å². The van der Waals surface area contributed by atoms with Gasteiger partial charge < -0.3 is 19.7 Å². The van der Waals surface area contributed by atoms with E-state index in [4.69, 9.17) is 21.1 Å². The minimum absolute atomic E-state index is 0.123. The Hall–Kier alpha value is -4.29. The molecule has 7 heteroatoms. The maximum Gasteiger partial charge on any atom is 0.243 e. The maximum absolute atomic E-state index is 13.8. The van der Waals surface area contributed by atoms with Gasteiger partial charge in [-0.1, -0.05) is 90.5 Å². The summed E-state index contributed by atoms with van der Waals surface area (Å²) in [5, 5.41) is 3.70. The summed E-state index contributed by atoms with van der Waals surface area (Å²) in [5.74, 6) is 0.962. The summed E-state index contributed by atoms with van der Waals surface area (Å²) >= 11 is 6.12. The first-order valence-electron chi connectivity index (χ1n) is 13.6. The third kappa shape index (κ3) is 8.60. The van der Waals surface area contributed by atoms with Gasteiger partial charge >= 0.3 is 0 Å². The number of hydrogen-bond donors (Lipinski definition) is 1. The van der Waals surface area contributed by atoms with Crippen LogP contribution in [0, 0.1) is 0 Å². The average molecular weight is 571 g/mol. The fourth-order valence-electron chi connectivity index (χ4n) is 4.70. The van der Waals surface area contributed by atoms with Gasteiger partial charge in [-0.3, -0.25) is 9.59 Å². The maximum atomic E-state index is 13.8. The molecule has 4 rings (SSSR count). The average Bonchev–Trinajstić information content (AvgIpc) is 3.00. The minimum atomic E-state index is -0.713. The van der Waals surface area contributed by atoms with E-state index >= 15 is 0 Å². The Morgan fingerprint density at radius 1 is 0.756 bits per heavy atom. The van der Waals surface area contributed by atoms with Gasteiger partial charge in [-0.05, 0) is 52.9 Å². The van der Waals surface area contributed by atoms with E-state index in [-0.39, 0.29) is 24.8 Å². The first-order chi connectivity index (χ1) is 20.0. The number of methoxy groups -OCH3 is 2. The van der Waals surface area contributed by atoms with Gasteiger partial charge in [0.1, 0.15) is 6.04 Å². The van der Waals surface area contributed by atoms with Gasteiger partial charge in [0, 0.05) is 24.5 Å². The molecule has 0 heterocycles. The molecule has 0 fully saturated rings. The number of carbonyl (C=O) groups is 2. The van der Waals surface area contributed by atoms with Crippen LogP contribution in [-0.4, -0.2) is 43.5 Å². The summed E-state index contributed by atoms with van der Waals surface area (Å²) in [4.78, 5) is 29.4. The van der Waals surface area contributed by atoms with Crippen LogP contribution in [0.4, 0.5) is 0 Å². The van der Waals surface area contributed by atoms with Crippen molar-refractivity contribution in [2.45, 2.75) is 31.8 Å². The zero-order valence-electron chi connectivity index (χ0n) is 23.4. The van der Waals surface area contributed by atoms with Crippen LogP contribution in [0.25, 0.3) is 0 Å². The molecule has 0 aliphatic heterocycles. The first-order valence-corrected chi connectivity index (χ1v) is 13.9. The van der Waals surface area contributed by atoms with Crippen molar-refractivity contribution in [1.29, 1.82) is 0 Å². The Bertz CT molecular complexity index is 1410. The summed E-state index contributed by atoms with van der Waals surface area (Å²) in [7, 11) is 3.19. The van der Waals surface area contributed by atoms with E-state index in [9.17, 15) is 9.59 Å². The Morgan fingerprint density at radius 2 is 1.37 bits per heavy atom. The molecular weight excluding hydrogens is 536 g/mol. The second kappa shape index (κ2) is 14.9. The number of halogens is 1. The normalized spacial score (nSPS) is 11.4. The van der Waals surface area contributed by atoms with E-state index in [0.29, 0.717) is 35.9 Å². The molecule has 0 aliphatic rings. The third-order valence-corrected chi connectivity index (χ3v) is 7.15. The van der Waals surface area contributed by atoms with Crippen molar-refractivity contribution < 1.29 is 19.1 Å². The van der Waals surface area contributed by atoms with E-state index in [1.54, 1.807) is 31.3 Å². The van der Waals surface area contributed by atoms with Crippen molar-refractivity contribution in [2.75, 3.05) is 20.8 Å². The molecule has 1 N–H and O–H groups in total. The molecule has 41 heavy (non-hydrogen) atoms. The highest BCUT2D eigenvalue weighted by Gasteiger charge is 2.30. The number of ether oxygens (including phenoxy) is 2. The van der Waals surface area contributed by atoms with E-state index < -0.39 is 6.04 Å². The molecule has 212 valence electrons. The lowest BCUT2D eigenvalue weighted by molar-refractivity contribution is -0.140. The molecule has 4 aromatic carbocycles. The lowest BCUT2D eigenvalue weighted by Gasteiger charge is -2.32. The van der Waals surface area contributed by atoms with Crippen molar-refractivity contribution in [3.63, 3.8) is 0 Å². The van der Waals surface area contributed by atoms with Crippen LogP contribution in [0.5, 0.6) is 11.5 Å². The van der Waals surface area contributed by atoms with Crippen LogP contribution in [0.15, 0.2) is 103 Å². The molecule has 4 aromatic rings. The Labute approximate surface area is 246 Å². The standard InChI is InChI=1S/C34H35ClN2O4/c1-40-31-18-15-27(22-32(31)41-2)19-20-36-34(39)30(21-25-9-5-3-6-10-25)37(24-28-13-16-29(35)17-14-28)33(38)23-26-11-7-4-8-12-26/h3-18,22,30H,19-21,23-24H2,1-2H3,(H,36,39)/t30-/m1/s1. The number of amides is 2. The first kappa shape index (κ1) is 29.7. The molecule has 0 saturated heterocycles. The van der Waals surface area contributed by atoms with Crippen LogP contribution in [0.2, 0.25) is 5.02 Å². The highest BCUT2D eigenvalue weighted by Crippen LogP contribution is 2.27. The van der Waals surface area contributed by atoms with Crippen LogP contribution in [0.3, 0.4) is 0 Å². The second-order valence-corrected chi connectivity index (χ2v) is 10.2. The van der Waals surface area contributed by atoms with Gasteiger partial charge in [0.25, 0.3) is 0 Å². The molecule has 1 atom stereocenters. The third-order valence-electron chi connectivity index (χ3n) is 6.90. The van der Waals surface area contributed by atoms with Gasteiger partial charge in [0.05, 0.1) is 20.6 Å². The molecule has 0 bridgehead atoms. The molecule has 0 unspecified atom stereocenters. The van der Waals surface area contributed by atoms with Crippen molar-refractivity contribution in [3.05, 3.63) is 130 Å². The molecule has 0 aromatic heterocycles. The van der Waals surface area contributed by atoms with Crippen LogP contribution in [-0.2, 0) is 35.4 Å². The van der Waals surface area contributed by atoms with Crippen LogP contribution in [0.1, 0.15) is 22.3 Å². The number of rotatable bonds is 13. The quantitative estimate of drug-likeness (QED) is 0.217. The van der Waals surface area contributed by atoms with Crippen molar-refractivity contribution in [2.24, 2.45) is 0 Å². The molecule has 2 amide bonds. The highest BCUT2D eigenvalue weighted by atomic mass is 35.5. The van der Waals surface area contributed by atoms with Crippen molar-refractivity contribution >= 4 is 23.4 Å². The Kier molecular flexibility index (Phi) is 10.8. The minimum Gasteiger partial charge on any atom is -0.493 e. The van der Waals surface area contributed by atoms with Crippen LogP contribution >= 0.6 is 11.6 Å².